The molecule has 0 bridgehead atoms. The minimum absolute atomic E-state index is 0.247. The highest BCUT2D eigenvalue weighted by atomic mass is 31.2. The predicted octanol–water partition coefficient (Wildman–Crippen LogP) is 1.91. The minimum atomic E-state index is -3.28. The van der Waals surface area contributed by atoms with Crippen molar-refractivity contribution in [2.45, 2.75) is 13.8 Å². The summed E-state index contributed by atoms with van der Waals surface area (Å²) in [6.07, 6.45) is -0.930. The number of amides is 1. The second kappa shape index (κ2) is 6.82. The Morgan fingerprint density at radius 1 is 1.20 bits per heavy atom. The van der Waals surface area contributed by atoms with Crippen LogP contribution >= 0.6 is 7.60 Å². The molecule has 0 saturated carbocycles. The Kier molecular flexibility index (Phi) is 6.56. The maximum atomic E-state index is 11.8. The van der Waals surface area contributed by atoms with Crippen molar-refractivity contribution in [3.8, 4) is 0 Å². The summed E-state index contributed by atoms with van der Waals surface area (Å²) in [5, 5.41) is 0. The standard InChI is InChI=1S/C8H18NO5P/c1-5-13-15(11,14-6-2)7-12-8(10)9(3)4/h5-7H2,1-4H3. The normalized spacial score (nSPS) is 11.2. The van der Waals surface area contributed by atoms with Crippen LogP contribution in [0.1, 0.15) is 13.8 Å². The lowest BCUT2D eigenvalue weighted by Gasteiger charge is -2.18. The fraction of sp³-hybridized carbons (Fsp3) is 0.875. The summed E-state index contributed by atoms with van der Waals surface area (Å²) in [4.78, 5) is 12.3. The lowest BCUT2D eigenvalue weighted by atomic mass is 10.9. The number of carbonyl (C=O) groups is 1. The molecule has 0 saturated heterocycles. The van der Waals surface area contributed by atoms with E-state index in [0.717, 1.165) is 0 Å². The van der Waals surface area contributed by atoms with Crippen LogP contribution in [0.15, 0.2) is 0 Å². The first-order chi connectivity index (χ1) is 6.95. The summed E-state index contributed by atoms with van der Waals surface area (Å²) < 4.78 is 26.4. The van der Waals surface area contributed by atoms with E-state index in [1.807, 2.05) is 0 Å². The lowest BCUT2D eigenvalue weighted by Crippen LogP contribution is -2.23. The van der Waals surface area contributed by atoms with Gasteiger partial charge in [-0.2, -0.15) is 0 Å². The van der Waals surface area contributed by atoms with Crippen LogP contribution in [0.5, 0.6) is 0 Å². The molecule has 0 spiro atoms. The molecule has 0 aliphatic rings. The van der Waals surface area contributed by atoms with Gasteiger partial charge in [-0.3, -0.25) is 4.57 Å². The molecule has 0 N–H and O–H groups in total. The van der Waals surface area contributed by atoms with Crippen molar-refractivity contribution in [1.29, 1.82) is 0 Å². The van der Waals surface area contributed by atoms with Gasteiger partial charge in [0.05, 0.1) is 13.2 Å². The second-order valence-electron chi connectivity index (χ2n) is 2.88. The molecule has 0 heterocycles. The fourth-order valence-electron chi connectivity index (χ4n) is 0.769. The summed E-state index contributed by atoms with van der Waals surface area (Å²) >= 11 is 0. The average molecular weight is 239 g/mol. The Hall–Kier alpha value is -0.580. The van der Waals surface area contributed by atoms with Crippen molar-refractivity contribution in [3.63, 3.8) is 0 Å². The van der Waals surface area contributed by atoms with Crippen molar-refractivity contribution in [3.05, 3.63) is 0 Å². The highest BCUT2D eigenvalue weighted by Crippen LogP contribution is 2.47. The molecule has 0 fully saturated rings. The minimum Gasteiger partial charge on any atom is -0.436 e. The zero-order valence-corrected chi connectivity index (χ0v) is 10.5. The zero-order chi connectivity index (χ0) is 11.9. The van der Waals surface area contributed by atoms with Gasteiger partial charge in [0.25, 0.3) is 0 Å². The summed E-state index contributed by atoms with van der Waals surface area (Å²) in [6.45, 7) is 3.88. The third-order valence-corrected chi connectivity index (χ3v) is 3.11. The van der Waals surface area contributed by atoms with Gasteiger partial charge in [0, 0.05) is 14.1 Å². The summed E-state index contributed by atoms with van der Waals surface area (Å²) in [6, 6.07) is 0. The van der Waals surface area contributed by atoms with Crippen LogP contribution in [-0.4, -0.2) is 44.7 Å². The molecule has 0 rings (SSSR count). The van der Waals surface area contributed by atoms with Gasteiger partial charge in [0.15, 0.2) is 6.35 Å². The molecule has 0 aromatic rings. The van der Waals surface area contributed by atoms with E-state index in [2.05, 4.69) is 0 Å². The highest BCUT2D eigenvalue weighted by Gasteiger charge is 2.26. The van der Waals surface area contributed by atoms with Crippen LogP contribution in [0, 0.1) is 0 Å². The molecule has 15 heavy (non-hydrogen) atoms. The molecule has 0 radical (unpaired) electrons. The first kappa shape index (κ1) is 14.4. The third kappa shape index (κ3) is 5.77. The van der Waals surface area contributed by atoms with E-state index in [1.54, 1.807) is 13.8 Å². The quantitative estimate of drug-likeness (QED) is 0.662. The predicted molar refractivity (Wildman–Crippen MR) is 55.9 cm³/mol. The number of carbonyl (C=O) groups excluding carboxylic acids is 1. The highest BCUT2D eigenvalue weighted by molar-refractivity contribution is 7.53. The lowest BCUT2D eigenvalue weighted by molar-refractivity contribution is 0.119. The van der Waals surface area contributed by atoms with Crippen molar-refractivity contribution < 1.29 is 23.1 Å². The van der Waals surface area contributed by atoms with Crippen LogP contribution in [0.4, 0.5) is 4.79 Å². The second-order valence-corrected chi connectivity index (χ2v) is 4.88. The Labute approximate surface area is 90.0 Å². The summed E-state index contributed by atoms with van der Waals surface area (Å²) in [5.74, 6) is 0. The SMILES string of the molecule is CCOP(=O)(COC(=O)N(C)C)OCC. The molecule has 0 unspecified atom stereocenters. The maximum absolute atomic E-state index is 11.8. The Balaban J connectivity index is 4.18. The molecule has 7 heteroatoms. The monoisotopic (exact) mass is 239 g/mol. The largest absolute Gasteiger partial charge is 0.436 e. The Morgan fingerprint density at radius 3 is 2.00 bits per heavy atom. The number of hydrogen-bond acceptors (Lipinski definition) is 5. The third-order valence-electron chi connectivity index (χ3n) is 1.36. The topological polar surface area (TPSA) is 65.1 Å². The molecule has 90 valence electrons. The number of rotatable bonds is 6. The number of hydrogen-bond donors (Lipinski definition) is 0. The Morgan fingerprint density at radius 2 is 1.67 bits per heavy atom. The van der Waals surface area contributed by atoms with Gasteiger partial charge in [-0.05, 0) is 13.8 Å². The van der Waals surface area contributed by atoms with E-state index in [-0.39, 0.29) is 19.6 Å². The van der Waals surface area contributed by atoms with Crippen molar-refractivity contribution >= 4 is 13.7 Å². The fourth-order valence-corrected chi connectivity index (χ4v) is 2.05. The zero-order valence-electron chi connectivity index (χ0n) is 9.56. The molecular formula is C8H18NO5P. The van der Waals surface area contributed by atoms with Gasteiger partial charge in [-0.15, -0.1) is 0 Å². The van der Waals surface area contributed by atoms with Gasteiger partial charge in [-0.25, -0.2) is 4.79 Å². The van der Waals surface area contributed by atoms with Gasteiger partial charge in [0.2, 0.25) is 0 Å². The van der Waals surface area contributed by atoms with E-state index in [4.69, 9.17) is 13.8 Å². The van der Waals surface area contributed by atoms with E-state index in [0.29, 0.717) is 0 Å². The van der Waals surface area contributed by atoms with E-state index in [1.165, 1.54) is 19.0 Å². The molecule has 0 atom stereocenters. The van der Waals surface area contributed by atoms with Crippen LogP contribution < -0.4 is 0 Å². The van der Waals surface area contributed by atoms with Gasteiger partial charge < -0.3 is 18.7 Å². The number of nitrogens with zero attached hydrogens (tertiary/aromatic N) is 1. The first-order valence-electron chi connectivity index (χ1n) is 4.67. The Bertz CT molecular complexity index is 233. The molecule has 0 aromatic heterocycles. The smallest absolute Gasteiger partial charge is 0.409 e. The molecule has 0 aliphatic heterocycles. The van der Waals surface area contributed by atoms with Gasteiger partial charge in [0.1, 0.15) is 0 Å². The van der Waals surface area contributed by atoms with Gasteiger partial charge in [-0.1, -0.05) is 0 Å². The van der Waals surface area contributed by atoms with Crippen molar-refractivity contribution in [1.82, 2.24) is 4.90 Å². The summed E-state index contributed by atoms with van der Waals surface area (Å²) in [5.41, 5.74) is 0. The van der Waals surface area contributed by atoms with E-state index in [9.17, 15) is 9.36 Å². The molecule has 6 nitrogen and oxygen atoms in total. The van der Waals surface area contributed by atoms with E-state index >= 15 is 0 Å². The van der Waals surface area contributed by atoms with Gasteiger partial charge >= 0.3 is 13.7 Å². The van der Waals surface area contributed by atoms with Crippen LogP contribution in [-0.2, 0) is 18.3 Å². The van der Waals surface area contributed by atoms with Crippen LogP contribution in [0.3, 0.4) is 0 Å². The first-order valence-corrected chi connectivity index (χ1v) is 6.40. The molecule has 1 amide bonds. The van der Waals surface area contributed by atoms with Crippen LogP contribution in [0.25, 0.3) is 0 Å². The number of ether oxygens (including phenoxy) is 1. The average Bonchev–Trinajstić information content (AvgIpc) is 2.15. The van der Waals surface area contributed by atoms with Crippen molar-refractivity contribution in [2.24, 2.45) is 0 Å². The van der Waals surface area contributed by atoms with E-state index < -0.39 is 13.7 Å². The maximum Gasteiger partial charge on any atom is 0.409 e. The molecule has 0 aromatic carbocycles. The molecule has 0 aliphatic carbocycles. The molecular weight excluding hydrogens is 221 g/mol. The van der Waals surface area contributed by atoms with Crippen molar-refractivity contribution in [2.75, 3.05) is 33.7 Å². The van der Waals surface area contributed by atoms with Crippen LogP contribution in [0.2, 0.25) is 0 Å². The summed E-state index contributed by atoms with van der Waals surface area (Å²) in [7, 11) is -0.210.